The van der Waals surface area contributed by atoms with Crippen molar-refractivity contribution in [1.29, 1.82) is 0 Å². The fourth-order valence-electron chi connectivity index (χ4n) is 1.99. The lowest BCUT2D eigenvalue weighted by molar-refractivity contribution is 0.102. The van der Waals surface area contributed by atoms with Crippen molar-refractivity contribution < 1.29 is 9.18 Å². The Morgan fingerprint density at radius 2 is 2.04 bits per heavy atom. The van der Waals surface area contributed by atoms with Gasteiger partial charge in [0.15, 0.2) is 5.13 Å². The summed E-state index contributed by atoms with van der Waals surface area (Å²) in [6.45, 7) is 1.66. The molecule has 0 bridgehead atoms. The zero-order valence-corrected chi connectivity index (χ0v) is 14.2. The largest absolute Gasteiger partial charge is 0.331 e. The van der Waals surface area contributed by atoms with E-state index in [-0.39, 0.29) is 11.5 Å². The maximum Gasteiger partial charge on any atom is 0.275 e. The molecule has 0 aliphatic heterocycles. The highest BCUT2D eigenvalue weighted by Crippen LogP contribution is 2.23. The average Bonchev–Trinajstić information content (AvgIpc) is 2.99. The van der Waals surface area contributed by atoms with Crippen molar-refractivity contribution in [2.45, 2.75) is 6.92 Å². The van der Waals surface area contributed by atoms with Gasteiger partial charge in [0, 0.05) is 21.8 Å². The Balaban J connectivity index is 1.70. The fourth-order valence-corrected chi connectivity index (χ4v) is 2.89. The molecule has 3 aromatic rings. The van der Waals surface area contributed by atoms with Crippen LogP contribution in [0.2, 0.25) is 5.02 Å². The summed E-state index contributed by atoms with van der Waals surface area (Å²) in [6, 6.07) is 11.7. The second kappa shape index (κ2) is 6.98. The average molecular weight is 362 g/mol. The molecule has 0 saturated carbocycles. The van der Waals surface area contributed by atoms with Crippen molar-refractivity contribution in [2.75, 3.05) is 10.6 Å². The monoisotopic (exact) mass is 361 g/mol. The zero-order chi connectivity index (χ0) is 17.1. The summed E-state index contributed by atoms with van der Waals surface area (Å²) in [4.78, 5) is 16.4. The van der Waals surface area contributed by atoms with E-state index in [0.29, 0.717) is 21.4 Å². The zero-order valence-electron chi connectivity index (χ0n) is 12.6. The molecule has 0 aliphatic carbocycles. The number of hydrogen-bond acceptors (Lipinski definition) is 4. The number of benzene rings is 2. The van der Waals surface area contributed by atoms with Crippen LogP contribution in [0.1, 0.15) is 16.1 Å². The number of thiazole rings is 1. The van der Waals surface area contributed by atoms with E-state index in [4.69, 9.17) is 11.6 Å². The van der Waals surface area contributed by atoms with Crippen LogP contribution in [0.4, 0.5) is 20.9 Å². The molecule has 24 heavy (non-hydrogen) atoms. The molecular formula is C17H13ClFN3OS. The number of hydrogen-bond donors (Lipinski definition) is 2. The summed E-state index contributed by atoms with van der Waals surface area (Å²) in [5.41, 5.74) is 1.95. The first-order valence-corrected chi connectivity index (χ1v) is 8.32. The first kappa shape index (κ1) is 16.4. The van der Waals surface area contributed by atoms with Crippen molar-refractivity contribution in [2.24, 2.45) is 0 Å². The Bertz CT molecular complexity index is 897. The third-order valence-electron chi connectivity index (χ3n) is 3.24. The van der Waals surface area contributed by atoms with Crippen molar-refractivity contribution in [1.82, 2.24) is 4.98 Å². The number of aryl methyl sites for hydroxylation is 1. The topological polar surface area (TPSA) is 54.0 Å². The van der Waals surface area contributed by atoms with E-state index >= 15 is 0 Å². The first-order valence-electron chi connectivity index (χ1n) is 7.07. The summed E-state index contributed by atoms with van der Waals surface area (Å²) in [5.74, 6) is -0.761. The summed E-state index contributed by atoms with van der Waals surface area (Å²) in [7, 11) is 0. The molecule has 0 atom stereocenters. The highest BCUT2D eigenvalue weighted by molar-refractivity contribution is 7.14. The summed E-state index contributed by atoms with van der Waals surface area (Å²) in [5, 5.41) is 8.52. The minimum absolute atomic E-state index is 0.255. The lowest BCUT2D eigenvalue weighted by Crippen LogP contribution is -2.12. The molecule has 2 N–H and O–H groups in total. The van der Waals surface area contributed by atoms with Gasteiger partial charge in [-0.25, -0.2) is 9.37 Å². The van der Waals surface area contributed by atoms with Crippen molar-refractivity contribution in [3.05, 3.63) is 69.9 Å². The minimum Gasteiger partial charge on any atom is -0.331 e. The number of carbonyl (C=O) groups excluding carboxylic acids is 1. The van der Waals surface area contributed by atoms with Gasteiger partial charge in [0.2, 0.25) is 0 Å². The molecule has 2 aromatic carbocycles. The maximum absolute atomic E-state index is 13.5. The smallest absolute Gasteiger partial charge is 0.275 e. The van der Waals surface area contributed by atoms with Crippen molar-refractivity contribution in [3.63, 3.8) is 0 Å². The Kier molecular flexibility index (Phi) is 4.78. The number of nitrogens with zero attached hydrogens (tertiary/aromatic N) is 1. The number of anilines is 3. The number of aromatic nitrogens is 1. The van der Waals surface area contributed by atoms with Crippen LogP contribution in [0.3, 0.4) is 0 Å². The SMILES string of the molecule is Cc1ccc(NC(=O)c2csc(Nc3cccc(Cl)c3)n2)cc1F. The van der Waals surface area contributed by atoms with E-state index in [1.807, 2.05) is 12.1 Å². The van der Waals surface area contributed by atoms with Crippen LogP contribution in [0, 0.1) is 12.7 Å². The first-order chi connectivity index (χ1) is 11.5. The third kappa shape index (κ3) is 3.90. The van der Waals surface area contributed by atoms with Crippen LogP contribution in [0.5, 0.6) is 0 Å². The van der Waals surface area contributed by atoms with E-state index in [9.17, 15) is 9.18 Å². The predicted molar refractivity (Wildman–Crippen MR) is 95.9 cm³/mol. The number of carbonyl (C=O) groups is 1. The molecule has 1 aromatic heterocycles. The summed E-state index contributed by atoms with van der Waals surface area (Å²) in [6.07, 6.45) is 0. The highest BCUT2D eigenvalue weighted by atomic mass is 35.5. The van der Waals surface area contributed by atoms with Gasteiger partial charge in [-0.1, -0.05) is 23.7 Å². The van der Waals surface area contributed by atoms with Gasteiger partial charge < -0.3 is 10.6 Å². The molecule has 122 valence electrons. The van der Waals surface area contributed by atoms with Crippen molar-refractivity contribution in [3.8, 4) is 0 Å². The van der Waals surface area contributed by atoms with E-state index < -0.39 is 5.91 Å². The lowest BCUT2D eigenvalue weighted by atomic mass is 10.2. The van der Waals surface area contributed by atoms with Gasteiger partial charge >= 0.3 is 0 Å². The van der Waals surface area contributed by atoms with Gasteiger partial charge in [-0.15, -0.1) is 11.3 Å². The van der Waals surface area contributed by atoms with Crippen LogP contribution in [0.15, 0.2) is 47.8 Å². The van der Waals surface area contributed by atoms with Gasteiger partial charge in [0.25, 0.3) is 5.91 Å². The van der Waals surface area contributed by atoms with Gasteiger partial charge in [0.1, 0.15) is 11.5 Å². The fraction of sp³-hybridized carbons (Fsp3) is 0.0588. The van der Waals surface area contributed by atoms with Gasteiger partial charge in [-0.3, -0.25) is 4.79 Å². The quantitative estimate of drug-likeness (QED) is 0.668. The molecule has 0 spiro atoms. The highest BCUT2D eigenvalue weighted by Gasteiger charge is 2.12. The summed E-state index contributed by atoms with van der Waals surface area (Å²) >= 11 is 7.22. The Hall–Kier alpha value is -2.44. The van der Waals surface area contributed by atoms with E-state index in [1.165, 1.54) is 17.4 Å². The molecule has 1 heterocycles. The van der Waals surface area contributed by atoms with Gasteiger partial charge in [-0.2, -0.15) is 0 Å². The van der Waals surface area contributed by atoms with Crippen LogP contribution >= 0.6 is 22.9 Å². The van der Waals surface area contributed by atoms with Crippen LogP contribution in [-0.4, -0.2) is 10.9 Å². The molecule has 1 amide bonds. The van der Waals surface area contributed by atoms with Gasteiger partial charge in [0.05, 0.1) is 0 Å². The minimum atomic E-state index is -0.395. The van der Waals surface area contributed by atoms with Crippen LogP contribution < -0.4 is 10.6 Å². The van der Waals surface area contributed by atoms with E-state index in [2.05, 4.69) is 15.6 Å². The molecular weight excluding hydrogens is 349 g/mol. The van der Waals surface area contributed by atoms with E-state index in [1.54, 1.807) is 36.6 Å². The number of nitrogens with one attached hydrogen (secondary N) is 2. The molecule has 0 unspecified atom stereocenters. The number of halogens is 2. The molecule has 0 aliphatic rings. The van der Waals surface area contributed by atoms with Gasteiger partial charge in [-0.05, 0) is 42.8 Å². The molecule has 0 radical (unpaired) electrons. The molecule has 7 heteroatoms. The van der Waals surface area contributed by atoms with E-state index in [0.717, 1.165) is 5.69 Å². The van der Waals surface area contributed by atoms with Crippen LogP contribution in [0.25, 0.3) is 0 Å². The maximum atomic E-state index is 13.5. The van der Waals surface area contributed by atoms with Crippen molar-refractivity contribution >= 4 is 45.4 Å². The Morgan fingerprint density at radius 1 is 1.21 bits per heavy atom. The standard InChI is InChI=1S/C17H13ClFN3OS/c1-10-5-6-13(8-14(10)19)20-16(23)15-9-24-17(22-15)21-12-4-2-3-11(18)7-12/h2-9H,1H3,(H,20,23)(H,21,22). The number of rotatable bonds is 4. The third-order valence-corrected chi connectivity index (χ3v) is 4.24. The van der Waals surface area contributed by atoms with Crippen LogP contribution in [-0.2, 0) is 0 Å². The number of amides is 1. The Morgan fingerprint density at radius 3 is 2.79 bits per heavy atom. The molecule has 0 fully saturated rings. The second-order valence-corrected chi connectivity index (χ2v) is 6.39. The molecule has 3 rings (SSSR count). The molecule has 4 nitrogen and oxygen atoms in total. The second-order valence-electron chi connectivity index (χ2n) is 5.09. The predicted octanol–water partition coefficient (Wildman–Crippen LogP) is 5.24. The normalized spacial score (nSPS) is 10.5. The summed E-state index contributed by atoms with van der Waals surface area (Å²) < 4.78 is 13.5. The Labute approximate surface area is 147 Å². The lowest BCUT2D eigenvalue weighted by Gasteiger charge is -2.05. The molecule has 0 saturated heterocycles.